The molecule has 1 heterocycles. The van der Waals surface area contributed by atoms with Gasteiger partial charge in [-0.25, -0.2) is 0 Å². The number of nitrogens with one attached hydrogen (secondary N) is 1. The summed E-state index contributed by atoms with van der Waals surface area (Å²) < 4.78 is 0. The van der Waals surface area contributed by atoms with Crippen LogP contribution in [0.5, 0.6) is 0 Å². The van der Waals surface area contributed by atoms with E-state index in [0.717, 1.165) is 0 Å². The first kappa shape index (κ1) is 13.5. The first-order chi connectivity index (χ1) is 9.08. The zero-order valence-corrected chi connectivity index (χ0v) is 10.9. The first-order valence-corrected chi connectivity index (χ1v) is 6.39. The standard InChI is InChI=1S/C14H18N2O3/c1-10-8-15-12(7-13(17)18)9-16(10)14(19)11-5-3-2-4-6-11/h2-6,10,12,15H,7-9H2,1H3,(H,17,18)/t10-,12+/m1/s1. The van der Waals surface area contributed by atoms with Gasteiger partial charge in [-0.15, -0.1) is 0 Å². The highest BCUT2D eigenvalue weighted by atomic mass is 16.4. The molecule has 1 aromatic rings. The molecule has 102 valence electrons. The average molecular weight is 262 g/mol. The number of amides is 1. The maximum atomic E-state index is 12.4. The molecule has 1 aliphatic heterocycles. The third-order valence-electron chi connectivity index (χ3n) is 3.35. The largest absolute Gasteiger partial charge is 0.481 e. The zero-order chi connectivity index (χ0) is 13.8. The number of carboxylic acid groups (broad SMARTS) is 1. The second kappa shape index (κ2) is 5.84. The molecule has 0 bridgehead atoms. The van der Waals surface area contributed by atoms with Crippen LogP contribution in [0.2, 0.25) is 0 Å². The lowest BCUT2D eigenvalue weighted by Gasteiger charge is -2.38. The van der Waals surface area contributed by atoms with Crippen LogP contribution in [0.25, 0.3) is 0 Å². The molecule has 1 saturated heterocycles. The second-order valence-electron chi connectivity index (χ2n) is 4.88. The van der Waals surface area contributed by atoms with Crippen LogP contribution in [0, 0.1) is 0 Å². The number of hydrogen-bond donors (Lipinski definition) is 2. The highest BCUT2D eigenvalue weighted by Gasteiger charge is 2.30. The van der Waals surface area contributed by atoms with Crippen molar-refractivity contribution in [3.63, 3.8) is 0 Å². The smallest absolute Gasteiger partial charge is 0.304 e. The van der Waals surface area contributed by atoms with Crippen molar-refractivity contribution in [2.45, 2.75) is 25.4 Å². The minimum atomic E-state index is -0.848. The monoisotopic (exact) mass is 262 g/mol. The van der Waals surface area contributed by atoms with E-state index in [-0.39, 0.29) is 24.4 Å². The first-order valence-electron chi connectivity index (χ1n) is 6.39. The molecular weight excluding hydrogens is 244 g/mol. The normalized spacial score (nSPS) is 23.1. The van der Waals surface area contributed by atoms with E-state index in [4.69, 9.17) is 5.11 Å². The molecule has 2 atom stereocenters. The van der Waals surface area contributed by atoms with Crippen molar-refractivity contribution in [2.75, 3.05) is 13.1 Å². The molecule has 0 spiro atoms. The van der Waals surface area contributed by atoms with Crippen LogP contribution in [0.15, 0.2) is 30.3 Å². The third kappa shape index (κ3) is 3.32. The van der Waals surface area contributed by atoms with E-state index >= 15 is 0 Å². The molecule has 0 aromatic heterocycles. The number of carbonyl (C=O) groups is 2. The Kier molecular flexibility index (Phi) is 4.16. The van der Waals surface area contributed by atoms with Crippen LogP contribution in [0.3, 0.4) is 0 Å². The lowest BCUT2D eigenvalue weighted by atomic mass is 10.1. The van der Waals surface area contributed by atoms with Crippen LogP contribution >= 0.6 is 0 Å². The van der Waals surface area contributed by atoms with Gasteiger partial charge in [0, 0.05) is 30.7 Å². The Hall–Kier alpha value is -1.88. The van der Waals surface area contributed by atoms with Crippen molar-refractivity contribution in [1.29, 1.82) is 0 Å². The third-order valence-corrected chi connectivity index (χ3v) is 3.35. The Morgan fingerprint density at radius 1 is 1.37 bits per heavy atom. The Balaban J connectivity index is 2.09. The van der Waals surface area contributed by atoms with Crippen molar-refractivity contribution in [1.82, 2.24) is 10.2 Å². The van der Waals surface area contributed by atoms with Crippen molar-refractivity contribution < 1.29 is 14.7 Å². The molecule has 0 radical (unpaired) electrons. The Bertz CT molecular complexity index is 461. The molecule has 1 amide bonds. The van der Waals surface area contributed by atoms with Crippen molar-refractivity contribution >= 4 is 11.9 Å². The van der Waals surface area contributed by atoms with Gasteiger partial charge in [0.25, 0.3) is 5.91 Å². The summed E-state index contributed by atoms with van der Waals surface area (Å²) in [6.45, 7) is 3.02. The minimum Gasteiger partial charge on any atom is -0.481 e. The van der Waals surface area contributed by atoms with E-state index in [2.05, 4.69) is 5.32 Å². The predicted octanol–water partition coefficient (Wildman–Crippen LogP) is 0.964. The van der Waals surface area contributed by atoms with Crippen LogP contribution in [0.4, 0.5) is 0 Å². The molecule has 2 N–H and O–H groups in total. The van der Waals surface area contributed by atoms with Gasteiger partial charge in [-0.2, -0.15) is 0 Å². The van der Waals surface area contributed by atoms with Gasteiger partial charge in [-0.3, -0.25) is 9.59 Å². The molecule has 5 nitrogen and oxygen atoms in total. The summed E-state index contributed by atoms with van der Waals surface area (Å²) in [5.41, 5.74) is 0.644. The fourth-order valence-electron chi connectivity index (χ4n) is 2.31. The minimum absolute atomic E-state index is 0.0330. The lowest BCUT2D eigenvalue weighted by molar-refractivity contribution is -0.137. The number of piperazine rings is 1. The fourth-order valence-corrected chi connectivity index (χ4v) is 2.31. The summed E-state index contributed by atoms with van der Waals surface area (Å²) in [7, 11) is 0. The van der Waals surface area contributed by atoms with E-state index in [9.17, 15) is 9.59 Å². The number of carboxylic acids is 1. The van der Waals surface area contributed by atoms with Gasteiger partial charge in [-0.1, -0.05) is 18.2 Å². The molecule has 1 aliphatic rings. The van der Waals surface area contributed by atoms with Gasteiger partial charge < -0.3 is 15.3 Å². The summed E-state index contributed by atoms with van der Waals surface area (Å²) in [6.07, 6.45) is 0.0330. The quantitative estimate of drug-likeness (QED) is 0.851. The van der Waals surface area contributed by atoms with Gasteiger partial charge in [0.2, 0.25) is 0 Å². The second-order valence-corrected chi connectivity index (χ2v) is 4.88. The van der Waals surface area contributed by atoms with E-state index in [0.29, 0.717) is 18.7 Å². The molecular formula is C14H18N2O3. The van der Waals surface area contributed by atoms with E-state index in [1.54, 1.807) is 17.0 Å². The Morgan fingerprint density at radius 2 is 2.05 bits per heavy atom. The highest BCUT2D eigenvalue weighted by Crippen LogP contribution is 2.13. The van der Waals surface area contributed by atoms with Gasteiger partial charge in [0.15, 0.2) is 0 Å². The number of aliphatic carboxylic acids is 1. The highest BCUT2D eigenvalue weighted by molar-refractivity contribution is 5.94. The molecule has 1 aromatic carbocycles. The molecule has 0 aliphatic carbocycles. The zero-order valence-electron chi connectivity index (χ0n) is 10.9. The summed E-state index contributed by atoms with van der Waals surface area (Å²) in [6, 6.07) is 8.97. The summed E-state index contributed by atoms with van der Waals surface area (Å²) in [5, 5.41) is 12.0. The molecule has 19 heavy (non-hydrogen) atoms. The van der Waals surface area contributed by atoms with E-state index in [1.807, 2.05) is 25.1 Å². The van der Waals surface area contributed by atoms with Crippen molar-refractivity contribution in [2.24, 2.45) is 0 Å². The van der Waals surface area contributed by atoms with Gasteiger partial charge >= 0.3 is 5.97 Å². The van der Waals surface area contributed by atoms with Gasteiger partial charge in [0.05, 0.1) is 6.42 Å². The topological polar surface area (TPSA) is 69.6 Å². The number of hydrogen-bond acceptors (Lipinski definition) is 3. The predicted molar refractivity (Wildman–Crippen MR) is 71.0 cm³/mol. The summed E-state index contributed by atoms with van der Waals surface area (Å²) in [4.78, 5) is 24.9. The Morgan fingerprint density at radius 3 is 2.68 bits per heavy atom. The van der Waals surface area contributed by atoms with Crippen molar-refractivity contribution in [3.05, 3.63) is 35.9 Å². The molecule has 0 saturated carbocycles. The summed E-state index contributed by atoms with van der Waals surface area (Å²) >= 11 is 0. The van der Waals surface area contributed by atoms with Crippen LogP contribution < -0.4 is 5.32 Å². The van der Waals surface area contributed by atoms with Gasteiger partial charge in [0.1, 0.15) is 0 Å². The number of carbonyl (C=O) groups excluding carboxylic acids is 1. The number of rotatable bonds is 3. The Labute approximate surface area is 112 Å². The molecule has 0 unspecified atom stereocenters. The summed E-state index contributed by atoms with van der Waals surface area (Å²) in [5.74, 6) is -0.885. The number of benzene rings is 1. The lowest BCUT2D eigenvalue weighted by Crippen LogP contribution is -2.57. The maximum Gasteiger partial charge on any atom is 0.304 e. The van der Waals surface area contributed by atoms with E-state index < -0.39 is 5.97 Å². The maximum absolute atomic E-state index is 12.4. The van der Waals surface area contributed by atoms with Crippen LogP contribution in [0.1, 0.15) is 23.7 Å². The molecule has 2 rings (SSSR count). The fraction of sp³-hybridized carbons (Fsp3) is 0.429. The van der Waals surface area contributed by atoms with Gasteiger partial charge in [-0.05, 0) is 19.1 Å². The molecule has 5 heteroatoms. The van der Waals surface area contributed by atoms with E-state index in [1.165, 1.54) is 0 Å². The average Bonchev–Trinajstić information content (AvgIpc) is 2.40. The van der Waals surface area contributed by atoms with Crippen LogP contribution in [-0.2, 0) is 4.79 Å². The van der Waals surface area contributed by atoms with Crippen molar-refractivity contribution in [3.8, 4) is 0 Å². The van der Waals surface area contributed by atoms with Crippen LogP contribution in [-0.4, -0.2) is 47.1 Å². The molecule has 1 fully saturated rings. The number of nitrogens with zero attached hydrogens (tertiary/aromatic N) is 1. The SMILES string of the molecule is C[C@@H]1CN[C@@H](CC(=O)O)CN1C(=O)c1ccccc1.